The molecule has 2 unspecified atom stereocenters. The maximum atomic E-state index is 12.2. The van der Waals surface area contributed by atoms with Gasteiger partial charge in [-0.1, -0.05) is 6.07 Å². The fourth-order valence-corrected chi connectivity index (χ4v) is 2.49. The predicted molar refractivity (Wildman–Crippen MR) is 79.6 cm³/mol. The molecule has 1 fully saturated rings. The molecule has 1 aliphatic rings. The van der Waals surface area contributed by atoms with Gasteiger partial charge in [0, 0.05) is 30.3 Å². The van der Waals surface area contributed by atoms with Crippen LogP contribution < -0.4 is 16.0 Å². The number of amides is 2. The van der Waals surface area contributed by atoms with Crippen molar-refractivity contribution < 1.29 is 9.59 Å². The Balaban J connectivity index is 1.98. The van der Waals surface area contributed by atoms with Crippen LogP contribution in [0.2, 0.25) is 0 Å². The summed E-state index contributed by atoms with van der Waals surface area (Å²) in [5, 5.41) is 8.97. The molecule has 0 bridgehead atoms. The highest BCUT2D eigenvalue weighted by atomic mass is 16.2. The lowest BCUT2D eigenvalue weighted by molar-refractivity contribution is -0.120. The second-order valence-corrected chi connectivity index (χ2v) is 5.33. The van der Waals surface area contributed by atoms with Crippen LogP contribution in [0.4, 0.5) is 11.4 Å². The summed E-state index contributed by atoms with van der Waals surface area (Å²) in [5.74, 6) is -0.0188. The van der Waals surface area contributed by atoms with E-state index < -0.39 is 0 Å². The maximum absolute atomic E-state index is 12.2. The lowest BCUT2D eigenvalue weighted by atomic mass is 9.92. The number of rotatable bonds is 3. The number of anilines is 2. The zero-order valence-corrected chi connectivity index (χ0v) is 11.9. The summed E-state index contributed by atoms with van der Waals surface area (Å²) in [6, 6.07) is 7.58. The van der Waals surface area contributed by atoms with Crippen LogP contribution in [0.15, 0.2) is 24.3 Å². The second-order valence-electron chi connectivity index (χ2n) is 5.33. The summed E-state index contributed by atoms with van der Waals surface area (Å²) in [7, 11) is 0. The van der Waals surface area contributed by atoms with Crippen molar-refractivity contribution in [3.8, 4) is 0 Å². The Hall–Kier alpha value is -1.88. The standard InChI is InChI=1S/C15H21N3O2/c1-10-8-12(6-7-16-10)15(20)18-14-5-3-4-13(9-14)17-11(2)19/h3-5,9-10,12,16H,6-8H2,1-2H3,(H,17,19)(H,18,20). The van der Waals surface area contributed by atoms with Crippen LogP contribution in [0, 0.1) is 5.92 Å². The number of carbonyl (C=O) groups excluding carboxylic acids is 2. The van der Waals surface area contributed by atoms with Crippen LogP contribution in [0.25, 0.3) is 0 Å². The van der Waals surface area contributed by atoms with Gasteiger partial charge in [-0.2, -0.15) is 0 Å². The quantitative estimate of drug-likeness (QED) is 0.790. The largest absolute Gasteiger partial charge is 0.326 e. The van der Waals surface area contributed by atoms with E-state index >= 15 is 0 Å². The summed E-state index contributed by atoms with van der Waals surface area (Å²) in [4.78, 5) is 23.2. The van der Waals surface area contributed by atoms with E-state index in [4.69, 9.17) is 0 Å². The highest BCUT2D eigenvalue weighted by Gasteiger charge is 2.24. The Morgan fingerprint density at radius 1 is 1.25 bits per heavy atom. The van der Waals surface area contributed by atoms with Crippen molar-refractivity contribution in [3.05, 3.63) is 24.3 Å². The first-order valence-corrected chi connectivity index (χ1v) is 6.96. The molecule has 0 saturated carbocycles. The minimum Gasteiger partial charge on any atom is -0.326 e. The van der Waals surface area contributed by atoms with Crippen LogP contribution in [0.5, 0.6) is 0 Å². The van der Waals surface area contributed by atoms with E-state index in [9.17, 15) is 9.59 Å². The van der Waals surface area contributed by atoms with E-state index in [0.29, 0.717) is 17.4 Å². The minimum absolute atomic E-state index is 0.0515. The molecule has 2 atom stereocenters. The molecule has 1 aliphatic heterocycles. The maximum Gasteiger partial charge on any atom is 0.227 e. The molecule has 1 aromatic carbocycles. The van der Waals surface area contributed by atoms with E-state index in [0.717, 1.165) is 19.4 Å². The fourth-order valence-electron chi connectivity index (χ4n) is 2.49. The summed E-state index contributed by atoms with van der Waals surface area (Å²) in [6.07, 6.45) is 1.72. The van der Waals surface area contributed by atoms with Gasteiger partial charge in [0.15, 0.2) is 0 Å². The average molecular weight is 275 g/mol. The van der Waals surface area contributed by atoms with Crippen molar-refractivity contribution in [1.29, 1.82) is 0 Å². The zero-order valence-electron chi connectivity index (χ0n) is 11.9. The van der Waals surface area contributed by atoms with Crippen molar-refractivity contribution in [2.45, 2.75) is 32.7 Å². The monoisotopic (exact) mass is 275 g/mol. The molecule has 1 heterocycles. The van der Waals surface area contributed by atoms with Crippen LogP contribution in [0.3, 0.4) is 0 Å². The Morgan fingerprint density at radius 3 is 2.60 bits per heavy atom. The van der Waals surface area contributed by atoms with Gasteiger partial charge in [0.2, 0.25) is 11.8 Å². The number of benzene rings is 1. The molecule has 20 heavy (non-hydrogen) atoms. The third-order valence-electron chi connectivity index (χ3n) is 3.44. The smallest absolute Gasteiger partial charge is 0.227 e. The third kappa shape index (κ3) is 4.06. The number of hydrogen-bond donors (Lipinski definition) is 3. The van der Waals surface area contributed by atoms with Crippen LogP contribution >= 0.6 is 0 Å². The van der Waals surface area contributed by atoms with Gasteiger partial charge in [0.1, 0.15) is 0 Å². The van der Waals surface area contributed by atoms with Gasteiger partial charge >= 0.3 is 0 Å². The van der Waals surface area contributed by atoms with E-state index in [-0.39, 0.29) is 17.7 Å². The molecule has 2 amide bonds. The average Bonchev–Trinajstić information content (AvgIpc) is 2.38. The first-order valence-electron chi connectivity index (χ1n) is 6.96. The lowest BCUT2D eigenvalue weighted by Gasteiger charge is -2.27. The molecule has 1 saturated heterocycles. The molecular formula is C15H21N3O2. The highest BCUT2D eigenvalue weighted by molar-refractivity contribution is 5.94. The first kappa shape index (κ1) is 14.5. The van der Waals surface area contributed by atoms with E-state index in [2.05, 4.69) is 22.9 Å². The Kier molecular flexibility index (Phi) is 4.74. The Labute approximate surface area is 119 Å². The van der Waals surface area contributed by atoms with Gasteiger partial charge in [0.05, 0.1) is 0 Å². The Bertz CT molecular complexity index is 502. The second kappa shape index (κ2) is 6.52. The number of piperidine rings is 1. The molecule has 3 N–H and O–H groups in total. The molecule has 5 nitrogen and oxygen atoms in total. The Morgan fingerprint density at radius 2 is 1.95 bits per heavy atom. The fraction of sp³-hybridized carbons (Fsp3) is 0.467. The van der Waals surface area contributed by atoms with Gasteiger partial charge in [-0.25, -0.2) is 0 Å². The predicted octanol–water partition coefficient (Wildman–Crippen LogP) is 1.97. The van der Waals surface area contributed by atoms with Crippen molar-refractivity contribution in [1.82, 2.24) is 5.32 Å². The molecule has 1 aromatic rings. The molecule has 5 heteroatoms. The molecule has 0 aliphatic carbocycles. The van der Waals surface area contributed by atoms with Crippen LogP contribution in [-0.4, -0.2) is 24.4 Å². The summed E-state index contributed by atoms with van der Waals surface area (Å²) in [6.45, 7) is 4.43. The normalized spacial score (nSPS) is 22.1. The molecule has 0 spiro atoms. The van der Waals surface area contributed by atoms with Crippen molar-refractivity contribution >= 4 is 23.2 Å². The van der Waals surface area contributed by atoms with E-state index in [1.54, 1.807) is 12.1 Å². The van der Waals surface area contributed by atoms with E-state index in [1.807, 2.05) is 12.1 Å². The molecular weight excluding hydrogens is 254 g/mol. The van der Waals surface area contributed by atoms with Crippen molar-refractivity contribution in [2.24, 2.45) is 5.92 Å². The number of hydrogen-bond acceptors (Lipinski definition) is 3. The topological polar surface area (TPSA) is 70.2 Å². The third-order valence-corrected chi connectivity index (χ3v) is 3.44. The van der Waals surface area contributed by atoms with Crippen molar-refractivity contribution in [3.63, 3.8) is 0 Å². The van der Waals surface area contributed by atoms with Gasteiger partial charge in [-0.15, -0.1) is 0 Å². The minimum atomic E-state index is -0.124. The summed E-state index contributed by atoms with van der Waals surface area (Å²) < 4.78 is 0. The lowest BCUT2D eigenvalue weighted by Crippen LogP contribution is -2.40. The van der Waals surface area contributed by atoms with E-state index in [1.165, 1.54) is 6.92 Å². The van der Waals surface area contributed by atoms with Crippen LogP contribution in [0.1, 0.15) is 26.7 Å². The van der Waals surface area contributed by atoms with Gasteiger partial charge in [-0.3, -0.25) is 9.59 Å². The number of carbonyl (C=O) groups is 2. The van der Waals surface area contributed by atoms with Gasteiger partial charge in [-0.05, 0) is 44.5 Å². The van der Waals surface area contributed by atoms with Gasteiger partial charge < -0.3 is 16.0 Å². The SMILES string of the molecule is CC(=O)Nc1cccc(NC(=O)C2CCNC(C)C2)c1. The molecule has 0 aromatic heterocycles. The highest BCUT2D eigenvalue weighted by Crippen LogP contribution is 2.20. The molecule has 2 rings (SSSR count). The van der Waals surface area contributed by atoms with Crippen LogP contribution in [-0.2, 0) is 9.59 Å². The first-order chi connectivity index (χ1) is 9.54. The summed E-state index contributed by atoms with van der Waals surface area (Å²) >= 11 is 0. The molecule has 108 valence electrons. The molecule has 0 radical (unpaired) electrons. The zero-order chi connectivity index (χ0) is 14.5. The summed E-state index contributed by atoms with van der Waals surface area (Å²) in [5.41, 5.74) is 1.40. The van der Waals surface area contributed by atoms with Gasteiger partial charge in [0.25, 0.3) is 0 Å². The van der Waals surface area contributed by atoms with Crippen molar-refractivity contribution in [2.75, 3.05) is 17.2 Å². The number of nitrogens with one attached hydrogen (secondary N) is 3.